The number of hydrogen-bond acceptors (Lipinski definition) is 1. The predicted molar refractivity (Wildman–Crippen MR) is 51.7 cm³/mol. The maximum Gasteiger partial charge on any atom is 0.0471 e. The van der Waals surface area contributed by atoms with Crippen molar-refractivity contribution in [2.75, 3.05) is 6.61 Å². The van der Waals surface area contributed by atoms with Gasteiger partial charge in [-0.1, -0.05) is 35.5 Å². The second kappa shape index (κ2) is 5.33. The van der Waals surface area contributed by atoms with Crippen LogP contribution < -0.4 is 0 Å². The fourth-order valence-electron chi connectivity index (χ4n) is 0.822. The summed E-state index contributed by atoms with van der Waals surface area (Å²) < 4.78 is 1.07. The zero-order valence-corrected chi connectivity index (χ0v) is 7.13. The molecule has 11 heavy (non-hydrogen) atoms. The molecule has 2 heteroatoms. The molecule has 0 radical (unpaired) electrons. The van der Waals surface area contributed by atoms with Gasteiger partial charge in [-0.2, -0.15) is 0 Å². The fraction of sp³-hybridized carbons (Fsp3) is 0.333. The quantitative estimate of drug-likeness (QED) is 0.807. The molecule has 1 rings (SSSR count). The van der Waals surface area contributed by atoms with E-state index in [1.807, 2.05) is 24.3 Å². The van der Waals surface area contributed by atoms with Crippen LogP contribution in [0.15, 0.2) is 28.7 Å². The molecule has 0 saturated carbocycles. The van der Waals surface area contributed by atoms with Crippen LogP contribution >= 0.6 is 15.9 Å². The minimum absolute atomic E-state index is 0. The van der Waals surface area contributed by atoms with E-state index in [2.05, 4.69) is 15.9 Å². The number of halogens is 1. The van der Waals surface area contributed by atoms with Crippen molar-refractivity contribution in [1.29, 1.82) is 0 Å². The molecule has 0 saturated heterocycles. The molecular weight excluding hydrogens is 204 g/mol. The van der Waals surface area contributed by atoms with Crippen molar-refractivity contribution in [3.63, 3.8) is 0 Å². The Balaban J connectivity index is 0.000001000. The van der Waals surface area contributed by atoms with Crippen LogP contribution in [0.4, 0.5) is 0 Å². The van der Waals surface area contributed by atoms with Gasteiger partial charge in [0.15, 0.2) is 0 Å². The molecule has 0 amide bonds. The largest absolute Gasteiger partial charge is 0.396 e. The monoisotopic (exact) mass is 216 g/mol. The van der Waals surface area contributed by atoms with Gasteiger partial charge in [0.2, 0.25) is 0 Å². The van der Waals surface area contributed by atoms with Crippen molar-refractivity contribution >= 4 is 15.9 Å². The number of hydrogen-bond donors (Lipinski definition) is 1. The molecule has 0 bridgehead atoms. The van der Waals surface area contributed by atoms with E-state index in [4.69, 9.17) is 5.11 Å². The van der Waals surface area contributed by atoms with Crippen molar-refractivity contribution in [2.45, 2.75) is 13.8 Å². The second-order valence-electron chi connectivity index (χ2n) is 2.10. The van der Waals surface area contributed by atoms with E-state index in [1.165, 1.54) is 0 Å². The highest BCUT2D eigenvalue weighted by Crippen LogP contribution is 2.11. The van der Waals surface area contributed by atoms with Crippen LogP contribution in [0.25, 0.3) is 0 Å². The maximum atomic E-state index is 8.60. The predicted octanol–water partition coefficient (Wildman–Crippen LogP) is 2.62. The summed E-state index contributed by atoms with van der Waals surface area (Å²) >= 11 is 3.35. The summed E-state index contributed by atoms with van der Waals surface area (Å²) in [6.45, 7) is 0.219. The van der Waals surface area contributed by atoms with Gasteiger partial charge < -0.3 is 5.11 Å². The van der Waals surface area contributed by atoms with Crippen LogP contribution in [0.3, 0.4) is 0 Å². The Labute approximate surface area is 76.2 Å². The smallest absolute Gasteiger partial charge is 0.0471 e. The minimum Gasteiger partial charge on any atom is -0.396 e. The molecule has 1 nitrogen and oxygen atoms in total. The summed E-state index contributed by atoms with van der Waals surface area (Å²) in [6.07, 6.45) is 0.736. The average molecular weight is 217 g/mol. The van der Waals surface area contributed by atoms with Crippen LogP contribution in [0.5, 0.6) is 0 Å². The van der Waals surface area contributed by atoms with E-state index in [-0.39, 0.29) is 14.0 Å². The first-order valence-corrected chi connectivity index (χ1v) is 3.97. The Kier molecular flexibility index (Phi) is 5.16. The molecule has 1 aromatic carbocycles. The Morgan fingerprint density at radius 1 is 1.36 bits per heavy atom. The Morgan fingerprint density at radius 3 is 2.64 bits per heavy atom. The first-order chi connectivity index (χ1) is 4.83. The molecule has 1 N–H and O–H groups in total. The molecule has 0 fully saturated rings. The number of aliphatic hydroxyl groups is 1. The van der Waals surface area contributed by atoms with E-state index >= 15 is 0 Å². The molecule has 62 valence electrons. The lowest BCUT2D eigenvalue weighted by atomic mass is 10.2. The van der Waals surface area contributed by atoms with Gasteiger partial charge in [0.05, 0.1) is 0 Å². The van der Waals surface area contributed by atoms with Crippen LogP contribution in [0, 0.1) is 0 Å². The lowest BCUT2D eigenvalue weighted by Gasteiger charge is -1.96. The molecule has 0 aromatic heterocycles. The summed E-state index contributed by atoms with van der Waals surface area (Å²) in [5, 5.41) is 8.60. The summed E-state index contributed by atoms with van der Waals surface area (Å²) in [6, 6.07) is 7.95. The van der Waals surface area contributed by atoms with Gasteiger partial charge in [0, 0.05) is 11.1 Å². The van der Waals surface area contributed by atoms with Gasteiger partial charge in [-0.05, 0) is 24.1 Å². The Bertz CT molecular complexity index is 210. The molecule has 0 heterocycles. The van der Waals surface area contributed by atoms with Crippen LogP contribution in [-0.2, 0) is 6.42 Å². The van der Waals surface area contributed by atoms with Crippen LogP contribution in [-0.4, -0.2) is 11.7 Å². The van der Waals surface area contributed by atoms with Crippen molar-refractivity contribution in [3.05, 3.63) is 34.3 Å². The number of benzene rings is 1. The standard InChI is InChI=1S/C8H9BrO.CH4/c9-8-3-1-2-7(6-8)4-5-10;/h1-3,6,10H,4-5H2;1H4. The zero-order valence-electron chi connectivity index (χ0n) is 5.55. The fourth-order valence-corrected chi connectivity index (χ4v) is 1.27. The lowest BCUT2D eigenvalue weighted by Crippen LogP contribution is -1.88. The van der Waals surface area contributed by atoms with E-state index in [0.29, 0.717) is 0 Å². The third-order valence-electron chi connectivity index (χ3n) is 1.29. The highest BCUT2D eigenvalue weighted by molar-refractivity contribution is 9.10. The van der Waals surface area contributed by atoms with Crippen molar-refractivity contribution < 1.29 is 5.11 Å². The van der Waals surface area contributed by atoms with Gasteiger partial charge in [-0.3, -0.25) is 0 Å². The highest BCUT2D eigenvalue weighted by atomic mass is 79.9. The van der Waals surface area contributed by atoms with Crippen LogP contribution in [0.2, 0.25) is 0 Å². The zero-order chi connectivity index (χ0) is 7.40. The lowest BCUT2D eigenvalue weighted by molar-refractivity contribution is 0.299. The van der Waals surface area contributed by atoms with E-state index in [9.17, 15) is 0 Å². The first-order valence-electron chi connectivity index (χ1n) is 3.18. The normalized spacial score (nSPS) is 8.91. The van der Waals surface area contributed by atoms with Gasteiger partial charge in [-0.15, -0.1) is 0 Å². The summed E-state index contributed by atoms with van der Waals surface area (Å²) in [5.74, 6) is 0. The SMILES string of the molecule is C.OCCc1cccc(Br)c1. The molecule has 0 spiro atoms. The third kappa shape index (κ3) is 3.54. The molecule has 0 unspecified atom stereocenters. The van der Waals surface area contributed by atoms with Gasteiger partial charge in [-0.25, -0.2) is 0 Å². The summed E-state index contributed by atoms with van der Waals surface area (Å²) in [4.78, 5) is 0. The molecular formula is C9H13BrO. The maximum absolute atomic E-state index is 8.60. The highest BCUT2D eigenvalue weighted by Gasteiger charge is 1.90. The number of rotatable bonds is 2. The van der Waals surface area contributed by atoms with Crippen molar-refractivity contribution in [3.8, 4) is 0 Å². The molecule has 0 aliphatic heterocycles. The van der Waals surface area contributed by atoms with Gasteiger partial charge >= 0.3 is 0 Å². The van der Waals surface area contributed by atoms with E-state index < -0.39 is 0 Å². The van der Waals surface area contributed by atoms with Crippen molar-refractivity contribution in [2.24, 2.45) is 0 Å². The topological polar surface area (TPSA) is 20.2 Å². The summed E-state index contributed by atoms with van der Waals surface area (Å²) in [5.41, 5.74) is 1.16. The van der Waals surface area contributed by atoms with Crippen molar-refractivity contribution in [1.82, 2.24) is 0 Å². The molecule has 0 aliphatic rings. The molecule has 0 atom stereocenters. The summed E-state index contributed by atoms with van der Waals surface area (Å²) in [7, 11) is 0. The third-order valence-corrected chi connectivity index (χ3v) is 1.78. The Hall–Kier alpha value is -0.340. The Morgan fingerprint density at radius 2 is 2.09 bits per heavy atom. The first kappa shape index (κ1) is 10.7. The second-order valence-corrected chi connectivity index (χ2v) is 3.02. The molecule has 0 aliphatic carbocycles. The average Bonchev–Trinajstić information content (AvgIpc) is 1.88. The van der Waals surface area contributed by atoms with E-state index in [0.717, 1.165) is 16.5 Å². The molecule has 1 aromatic rings. The van der Waals surface area contributed by atoms with Gasteiger partial charge in [0.25, 0.3) is 0 Å². The van der Waals surface area contributed by atoms with Gasteiger partial charge in [0.1, 0.15) is 0 Å². The van der Waals surface area contributed by atoms with Crippen LogP contribution in [0.1, 0.15) is 13.0 Å². The number of aliphatic hydroxyl groups excluding tert-OH is 1. The minimum atomic E-state index is 0. The van der Waals surface area contributed by atoms with E-state index in [1.54, 1.807) is 0 Å².